The van der Waals surface area contributed by atoms with Gasteiger partial charge in [-0.1, -0.05) is 0 Å². The van der Waals surface area contributed by atoms with Gasteiger partial charge in [0.2, 0.25) is 11.9 Å². The minimum Gasteiger partial charge on any atom is -0.341 e. The lowest BCUT2D eigenvalue weighted by atomic mass is 10.1. The first-order valence-electron chi connectivity index (χ1n) is 8.02. The molecule has 0 spiro atoms. The van der Waals surface area contributed by atoms with Gasteiger partial charge in [0.1, 0.15) is 6.54 Å². The zero-order chi connectivity index (χ0) is 16.9. The summed E-state index contributed by atoms with van der Waals surface area (Å²) in [7, 11) is 0. The molecule has 0 saturated carbocycles. The number of rotatable bonds is 4. The third-order valence-electron chi connectivity index (χ3n) is 3.89. The topological polar surface area (TPSA) is 93.0 Å². The molecule has 0 atom stereocenters. The Bertz CT molecular complexity index is 765. The number of amides is 1. The molecule has 0 bridgehead atoms. The Morgan fingerprint density at radius 3 is 2.54 bits per heavy atom. The molecule has 0 aliphatic carbocycles. The molecule has 0 aromatic carbocycles. The van der Waals surface area contributed by atoms with Crippen LogP contribution in [0.25, 0.3) is 0 Å². The van der Waals surface area contributed by atoms with Crippen LogP contribution in [0.2, 0.25) is 0 Å². The summed E-state index contributed by atoms with van der Waals surface area (Å²) in [4.78, 5) is 38.6. The van der Waals surface area contributed by atoms with Crippen molar-refractivity contribution in [3.8, 4) is 0 Å². The average molecular weight is 328 g/mol. The third-order valence-corrected chi connectivity index (χ3v) is 3.89. The lowest BCUT2D eigenvalue weighted by molar-refractivity contribution is -0.116. The van der Waals surface area contributed by atoms with Crippen molar-refractivity contribution in [3.63, 3.8) is 0 Å². The van der Waals surface area contributed by atoms with E-state index in [0.29, 0.717) is 17.3 Å². The van der Waals surface area contributed by atoms with E-state index in [1.54, 1.807) is 19.3 Å². The Kier molecular flexibility index (Phi) is 4.83. The molecule has 8 nitrogen and oxygen atoms in total. The lowest BCUT2D eigenvalue weighted by Crippen LogP contribution is -2.31. The second-order valence-corrected chi connectivity index (χ2v) is 5.86. The summed E-state index contributed by atoms with van der Waals surface area (Å²) in [6.45, 7) is 3.57. The second-order valence-electron chi connectivity index (χ2n) is 5.86. The van der Waals surface area contributed by atoms with Crippen molar-refractivity contribution in [1.82, 2.24) is 19.5 Å². The number of anilines is 2. The van der Waals surface area contributed by atoms with Gasteiger partial charge in [0.15, 0.2) is 0 Å². The number of carbonyl (C=O) groups is 1. The highest BCUT2D eigenvalue weighted by atomic mass is 16.2. The van der Waals surface area contributed by atoms with Crippen molar-refractivity contribution in [3.05, 3.63) is 40.8 Å². The summed E-state index contributed by atoms with van der Waals surface area (Å²) in [5.41, 5.74) is 0.876. The fourth-order valence-corrected chi connectivity index (χ4v) is 2.63. The summed E-state index contributed by atoms with van der Waals surface area (Å²) < 4.78 is 1.26. The first-order valence-corrected chi connectivity index (χ1v) is 8.02. The van der Waals surface area contributed by atoms with Gasteiger partial charge in [-0.3, -0.25) is 14.2 Å². The quantitative estimate of drug-likeness (QED) is 0.899. The molecule has 1 aliphatic heterocycles. The average Bonchev–Trinajstić information content (AvgIpc) is 2.59. The van der Waals surface area contributed by atoms with Crippen LogP contribution in [0.15, 0.2) is 29.6 Å². The summed E-state index contributed by atoms with van der Waals surface area (Å²) in [6, 6.07) is 1.39. The van der Waals surface area contributed by atoms with Gasteiger partial charge in [0, 0.05) is 24.8 Å². The SMILES string of the molecule is Cc1cc(=O)n(CC(=O)Nc2cnc(N3CCCCC3)nc2)cn1. The van der Waals surface area contributed by atoms with Gasteiger partial charge in [-0.2, -0.15) is 0 Å². The molecule has 1 amide bonds. The fourth-order valence-electron chi connectivity index (χ4n) is 2.63. The molecule has 24 heavy (non-hydrogen) atoms. The van der Waals surface area contributed by atoms with E-state index in [1.165, 1.54) is 23.4 Å². The van der Waals surface area contributed by atoms with E-state index in [1.807, 2.05) is 0 Å². The molecule has 8 heteroatoms. The van der Waals surface area contributed by atoms with Crippen molar-refractivity contribution in [2.24, 2.45) is 0 Å². The van der Waals surface area contributed by atoms with Crippen LogP contribution >= 0.6 is 0 Å². The van der Waals surface area contributed by atoms with Crippen LogP contribution in [-0.4, -0.2) is 38.5 Å². The number of nitrogens with one attached hydrogen (secondary N) is 1. The third kappa shape index (κ3) is 3.95. The van der Waals surface area contributed by atoms with Crippen molar-refractivity contribution >= 4 is 17.5 Å². The van der Waals surface area contributed by atoms with Gasteiger partial charge in [-0.05, 0) is 26.2 Å². The predicted octanol–water partition coefficient (Wildman–Crippen LogP) is 0.971. The van der Waals surface area contributed by atoms with Crippen LogP contribution in [-0.2, 0) is 11.3 Å². The second kappa shape index (κ2) is 7.20. The molecule has 0 radical (unpaired) electrons. The van der Waals surface area contributed by atoms with Crippen LogP contribution in [0.4, 0.5) is 11.6 Å². The van der Waals surface area contributed by atoms with E-state index >= 15 is 0 Å². The van der Waals surface area contributed by atoms with E-state index in [2.05, 4.69) is 25.2 Å². The maximum absolute atomic E-state index is 12.0. The fraction of sp³-hybridized carbons (Fsp3) is 0.438. The smallest absolute Gasteiger partial charge is 0.253 e. The molecule has 2 aromatic rings. The lowest BCUT2D eigenvalue weighted by Gasteiger charge is -2.26. The molecular weight excluding hydrogens is 308 g/mol. The summed E-state index contributed by atoms with van der Waals surface area (Å²) in [5.74, 6) is 0.365. The van der Waals surface area contributed by atoms with Crippen LogP contribution in [0.5, 0.6) is 0 Å². The highest BCUT2D eigenvalue weighted by Gasteiger charge is 2.13. The van der Waals surface area contributed by atoms with Crippen molar-refractivity contribution in [1.29, 1.82) is 0 Å². The van der Waals surface area contributed by atoms with E-state index in [4.69, 9.17) is 0 Å². The van der Waals surface area contributed by atoms with Crippen molar-refractivity contribution in [2.45, 2.75) is 32.7 Å². The van der Waals surface area contributed by atoms with Gasteiger partial charge in [-0.25, -0.2) is 15.0 Å². The molecule has 126 valence electrons. The normalized spacial score (nSPS) is 14.5. The van der Waals surface area contributed by atoms with E-state index < -0.39 is 0 Å². The van der Waals surface area contributed by atoms with Crippen LogP contribution in [0.1, 0.15) is 25.0 Å². The molecule has 1 saturated heterocycles. The van der Waals surface area contributed by atoms with Crippen LogP contribution in [0, 0.1) is 6.92 Å². The first kappa shape index (κ1) is 16.1. The van der Waals surface area contributed by atoms with Gasteiger partial charge >= 0.3 is 0 Å². The minimum absolute atomic E-state index is 0.0972. The van der Waals surface area contributed by atoms with Gasteiger partial charge in [0.25, 0.3) is 5.56 Å². The van der Waals surface area contributed by atoms with Crippen LogP contribution < -0.4 is 15.8 Å². The van der Waals surface area contributed by atoms with E-state index in [9.17, 15) is 9.59 Å². The summed E-state index contributed by atoms with van der Waals surface area (Å²) in [6.07, 6.45) is 8.10. The zero-order valence-electron chi connectivity index (χ0n) is 13.6. The highest BCUT2D eigenvalue weighted by Crippen LogP contribution is 2.16. The van der Waals surface area contributed by atoms with Gasteiger partial charge in [0.05, 0.1) is 24.4 Å². The largest absolute Gasteiger partial charge is 0.341 e. The number of hydrogen-bond acceptors (Lipinski definition) is 6. The molecule has 1 N–H and O–H groups in total. The van der Waals surface area contributed by atoms with Gasteiger partial charge in [-0.15, -0.1) is 0 Å². The molecule has 2 aromatic heterocycles. The van der Waals surface area contributed by atoms with Gasteiger partial charge < -0.3 is 10.2 Å². The maximum Gasteiger partial charge on any atom is 0.253 e. The number of hydrogen-bond donors (Lipinski definition) is 1. The Morgan fingerprint density at radius 1 is 1.17 bits per heavy atom. The van der Waals surface area contributed by atoms with Crippen LogP contribution in [0.3, 0.4) is 0 Å². The number of carbonyl (C=O) groups excluding carboxylic acids is 1. The zero-order valence-corrected chi connectivity index (χ0v) is 13.6. The Labute approximate surface area is 139 Å². The number of aryl methyl sites for hydroxylation is 1. The van der Waals surface area contributed by atoms with Crippen molar-refractivity contribution in [2.75, 3.05) is 23.3 Å². The first-order chi connectivity index (χ1) is 11.6. The number of piperidine rings is 1. The standard InChI is InChI=1S/C16H20N6O2/c1-12-7-15(24)22(11-19-12)10-14(23)20-13-8-17-16(18-9-13)21-5-3-2-4-6-21/h7-9,11H,2-6,10H2,1H3,(H,20,23). The Morgan fingerprint density at radius 2 is 1.88 bits per heavy atom. The maximum atomic E-state index is 12.0. The molecule has 1 fully saturated rings. The van der Waals surface area contributed by atoms with Crippen molar-refractivity contribution < 1.29 is 4.79 Å². The van der Waals surface area contributed by atoms with E-state index in [-0.39, 0.29) is 18.0 Å². The predicted molar refractivity (Wildman–Crippen MR) is 90.0 cm³/mol. The Hall–Kier alpha value is -2.77. The molecule has 3 rings (SSSR count). The summed E-state index contributed by atoms with van der Waals surface area (Å²) in [5, 5.41) is 2.69. The molecule has 1 aliphatic rings. The molecule has 0 unspecified atom stereocenters. The minimum atomic E-state index is -0.322. The molecule has 3 heterocycles. The number of aromatic nitrogens is 4. The van der Waals surface area contributed by atoms with E-state index in [0.717, 1.165) is 25.9 Å². The summed E-state index contributed by atoms with van der Waals surface area (Å²) >= 11 is 0. The number of nitrogens with zero attached hydrogens (tertiary/aromatic N) is 5. The highest BCUT2D eigenvalue weighted by molar-refractivity contribution is 5.90. The monoisotopic (exact) mass is 328 g/mol. The molecular formula is C16H20N6O2. The Balaban J connectivity index is 1.61.